The van der Waals surface area contributed by atoms with Gasteiger partial charge in [-0.3, -0.25) is 4.79 Å². The molecule has 0 spiro atoms. The summed E-state index contributed by atoms with van der Waals surface area (Å²) in [6.07, 6.45) is 2.10. The van der Waals surface area contributed by atoms with Crippen molar-refractivity contribution in [1.82, 2.24) is 35.1 Å². The average molecular weight is 508 g/mol. The molecule has 1 aliphatic rings. The van der Waals surface area contributed by atoms with E-state index in [-0.39, 0.29) is 35.5 Å². The van der Waals surface area contributed by atoms with Crippen LogP contribution in [0.4, 0.5) is 0 Å². The van der Waals surface area contributed by atoms with E-state index < -0.39 is 12.0 Å². The van der Waals surface area contributed by atoms with Gasteiger partial charge in [0.1, 0.15) is 11.9 Å². The minimum absolute atomic E-state index is 0. The molecule has 3 heterocycles. The van der Waals surface area contributed by atoms with Gasteiger partial charge < -0.3 is 19.4 Å². The predicted molar refractivity (Wildman–Crippen MR) is 129 cm³/mol. The maximum atomic E-state index is 12.2. The topological polar surface area (TPSA) is 133 Å². The van der Waals surface area contributed by atoms with Crippen molar-refractivity contribution in [1.29, 1.82) is 0 Å². The summed E-state index contributed by atoms with van der Waals surface area (Å²) in [4.78, 5) is 30.5. The number of carbonyl (C=O) groups is 2. The summed E-state index contributed by atoms with van der Waals surface area (Å²) in [6, 6.07) is 14.8. The Bertz CT molecular complexity index is 1400. The first-order valence-corrected chi connectivity index (χ1v) is 12.0. The second-order valence-corrected chi connectivity index (χ2v) is 8.86. The molecule has 4 aromatic rings. The Morgan fingerprint density at radius 3 is 2.46 bits per heavy atom. The van der Waals surface area contributed by atoms with Crippen LogP contribution in [0.25, 0.3) is 22.5 Å². The molecule has 0 saturated heterocycles. The van der Waals surface area contributed by atoms with E-state index in [0.717, 1.165) is 40.2 Å². The van der Waals surface area contributed by atoms with Crippen molar-refractivity contribution in [3.63, 3.8) is 0 Å². The third kappa shape index (κ3) is 5.22. The Balaban J connectivity index is 0.00000320. The molecule has 11 heteroatoms. The van der Waals surface area contributed by atoms with E-state index in [2.05, 4.69) is 27.5 Å². The summed E-state index contributed by atoms with van der Waals surface area (Å²) < 4.78 is 1.96. The number of carboxylic acids is 1. The number of hydrogen-bond acceptors (Lipinski definition) is 7. The summed E-state index contributed by atoms with van der Waals surface area (Å²) >= 11 is 0. The van der Waals surface area contributed by atoms with Crippen LogP contribution in [0.3, 0.4) is 0 Å². The number of amides is 1. The summed E-state index contributed by atoms with van der Waals surface area (Å²) in [5, 5.41) is 26.5. The van der Waals surface area contributed by atoms with Crippen LogP contribution < -0.4 is 34.7 Å². The molecule has 1 unspecified atom stereocenters. The van der Waals surface area contributed by atoms with Crippen LogP contribution in [-0.2, 0) is 29.0 Å². The van der Waals surface area contributed by atoms with Crippen molar-refractivity contribution in [3.8, 4) is 22.5 Å². The molecule has 0 saturated carbocycles. The van der Waals surface area contributed by atoms with E-state index in [4.69, 9.17) is 4.98 Å². The van der Waals surface area contributed by atoms with Gasteiger partial charge in [-0.25, -0.2) is 4.98 Å². The first-order chi connectivity index (χ1) is 17.5. The van der Waals surface area contributed by atoms with Crippen molar-refractivity contribution in [2.24, 2.45) is 0 Å². The minimum Gasteiger partial charge on any atom is -0.547 e. The van der Waals surface area contributed by atoms with Crippen LogP contribution in [0.15, 0.2) is 48.5 Å². The van der Waals surface area contributed by atoms with Crippen LogP contribution in [0.1, 0.15) is 49.1 Å². The molecule has 2 aromatic carbocycles. The van der Waals surface area contributed by atoms with Crippen molar-refractivity contribution in [2.75, 3.05) is 6.54 Å². The van der Waals surface area contributed by atoms with Gasteiger partial charge >= 0.3 is 29.6 Å². The molecule has 0 bridgehead atoms. The Morgan fingerprint density at radius 1 is 1.11 bits per heavy atom. The number of tetrazole rings is 1. The summed E-state index contributed by atoms with van der Waals surface area (Å²) in [6.45, 7) is 4.21. The zero-order valence-corrected chi connectivity index (χ0v) is 23.1. The van der Waals surface area contributed by atoms with Crippen molar-refractivity contribution < 1.29 is 44.3 Å². The molecule has 1 N–H and O–H groups in total. The smallest absolute Gasteiger partial charge is 0.547 e. The standard InChI is InChI=1S/C26H27N7O3.Na/c1-3-6-22-27-21-13-14-32(16(2)34)24(26(35)36)23(21)33(22)15-17-9-11-18(12-10-17)19-7-4-5-8-20(19)25-28-30-31-29-25;/h4-5,7-12,24H,3,6,13-15H2,1-2H3,(H,35,36)(H,28,29,30,31);/q;+1/p-1. The average Bonchev–Trinajstić information content (AvgIpc) is 3.53. The predicted octanol–water partition coefficient (Wildman–Crippen LogP) is -1.07. The van der Waals surface area contributed by atoms with E-state index >= 15 is 0 Å². The number of aliphatic carboxylic acids is 1. The van der Waals surface area contributed by atoms with Gasteiger partial charge in [0.2, 0.25) is 11.7 Å². The zero-order chi connectivity index (χ0) is 25.2. The number of carboxylic acid groups (broad SMARTS) is 1. The van der Waals surface area contributed by atoms with Crippen LogP contribution in [-0.4, -0.2) is 53.5 Å². The molecule has 37 heavy (non-hydrogen) atoms. The van der Waals surface area contributed by atoms with Gasteiger partial charge in [-0.15, -0.1) is 10.2 Å². The largest absolute Gasteiger partial charge is 1.00 e. The van der Waals surface area contributed by atoms with E-state index in [9.17, 15) is 14.7 Å². The number of aromatic amines is 1. The van der Waals surface area contributed by atoms with E-state index in [1.54, 1.807) is 0 Å². The maximum absolute atomic E-state index is 12.2. The molecule has 0 aliphatic carbocycles. The second kappa shape index (κ2) is 11.4. The number of H-pyrrole nitrogens is 1. The van der Waals surface area contributed by atoms with Gasteiger partial charge in [0.25, 0.3) is 0 Å². The summed E-state index contributed by atoms with van der Waals surface area (Å²) in [7, 11) is 0. The number of nitrogens with zero attached hydrogens (tertiary/aromatic N) is 6. The van der Waals surface area contributed by atoms with E-state index in [1.165, 1.54) is 11.8 Å². The van der Waals surface area contributed by atoms with Gasteiger partial charge in [0.15, 0.2) is 0 Å². The molecule has 184 valence electrons. The number of imidazole rings is 1. The first kappa shape index (κ1) is 26.7. The van der Waals surface area contributed by atoms with Gasteiger partial charge in [0, 0.05) is 38.4 Å². The minimum atomic E-state index is -1.29. The number of aryl methyl sites for hydroxylation is 1. The van der Waals surface area contributed by atoms with Gasteiger partial charge in [-0.05, 0) is 28.3 Å². The third-order valence-corrected chi connectivity index (χ3v) is 6.54. The normalized spacial score (nSPS) is 14.6. The number of rotatable bonds is 7. The molecule has 5 rings (SSSR count). The SMILES string of the molecule is CCCc1nc2c(n1Cc1ccc(-c3ccccc3-c3nn[nH]n3)cc1)C(C(=O)[O-])N(C(C)=O)CC2.[Na+]. The molecule has 1 atom stereocenters. The zero-order valence-electron chi connectivity index (χ0n) is 21.1. The number of hydrogen-bond donors (Lipinski definition) is 1. The number of carbonyl (C=O) groups excluding carboxylic acids is 2. The van der Waals surface area contributed by atoms with Crippen LogP contribution in [0, 0.1) is 0 Å². The molecule has 1 aliphatic heterocycles. The molecular weight excluding hydrogens is 481 g/mol. The summed E-state index contributed by atoms with van der Waals surface area (Å²) in [5.74, 6) is -0.231. The van der Waals surface area contributed by atoms with Gasteiger partial charge in [0.05, 0.1) is 17.4 Å². The monoisotopic (exact) mass is 507 g/mol. The fraction of sp³-hybridized carbons (Fsp3) is 0.308. The molecule has 1 amide bonds. The fourth-order valence-electron chi connectivity index (χ4n) is 4.91. The Hall–Kier alpha value is -3.34. The van der Waals surface area contributed by atoms with Crippen molar-refractivity contribution in [2.45, 2.75) is 45.7 Å². The molecular formula is C26H26N7NaO3. The quantitative estimate of drug-likeness (QED) is 0.315. The maximum Gasteiger partial charge on any atom is 1.00 e. The molecule has 0 radical (unpaired) electrons. The Morgan fingerprint density at radius 2 is 1.84 bits per heavy atom. The summed E-state index contributed by atoms with van der Waals surface area (Å²) in [5.41, 5.74) is 5.11. The molecule has 2 aromatic heterocycles. The third-order valence-electron chi connectivity index (χ3n) is 6.54. The number of aromatic nitrogens is 6. The first-order valence-electron chi connectivity index (χ1n) is 12.0. The Kier molecular flexibility index (Phi) is 8.21. The Labute approximate surface area is 236 Å². The van der Waals surface area contributed by atoms with Crippen LogP contribution >= 0.6 is 0 Å². The number of nitrogens with one attached hydrogen (secondary N) is 1. The van der Waals surface area contributed by atoms with Crippen LogP contribution in [0.2, 0.25) is 0 Å². The molecule has 0 fully saturated rings. The molecule has 10 nitrogen and oxygen atoms in total. The number of fused-ring (bicyclic) bond motifs is 1. The van der Waals surface area contributed by atoms with E-state index in [1.807, 2.05) is 53.1 Å². The van der Waals surface area contributed by atoms with Crippen molar-refractivity contribution in [3.05, 3.63) is 71.3 Å². The van der Waals surface area contributed by atoms with Crippen molar-refractivity contribution >= 4 is 11.9 Å². The van der Waals surface area contributed by atoms with Gasteiger partial charge in [-0.2, -0.15) is 5.21 Å². The van der Waals surface area contributed by atoms with E-state index in [0.29, 0.717) is 37.4 Å². The number of benzene rings is 2. The van der Waals surface area contributed by atoms with Crippen LogP contribution in [0.5, 0.6) is 0 Å². The fourth-order valence-corrected chi connectivity index (χ4v) is 4.91. The van der Waals surface area contributed by atoms with Gasteiger partial charge in [-0.1, -0.05) is 55.5 Å². The second-order valence-electron chi connectivity index (χ2n) is 8.86.